The Bertz CT molecular complexity index is 1450. The lowest BCUT2D eigenvalue weighted by Crippen LogP contribution is -2.51. The van der Waals surface area contributed by atoms with E-state index < -0.39 is 27.8 Å². The lowest BCUT2D eigenvalue weighted by atomic mass is 10.0. The molecule has 0 aliphatic carbocycles. The van der Waals surface area contributed by atoms with E-state index >= 15 is 0 Å². The van der Waals surface area contributed by atoms with Crippen LogP contribution in [-0.4, -0.2) is 50.5 Å². The predicted octanol–water partition coefficient (Wildman–Crippen LogP) is 5.66. The fourth-order valence-corrected chi connectivity index (χ4v) is 5.56. The second-order valence-corrected chi connectivity index (χ2v) is 12.7. The molecule has 0 spiro atoms. The molecule has 0 aliphatic rings. The van der Waals surface area contributed by atoms with Crippen molar-refractivity contribution in [1.82, 2.24) is 10.2 Å². The van der Waals surface area contributed by atoms with Crippen LogP contribution in [0.15, 0.2) is 84.9 Å². The van der Waals surface area contributed by atoms with Crippen molar-refractivity contribution in [2.75, 3.05) is 23.7 Å². The zero-order valence-electron chi connectivity index (χ0n) is 24.5. The Hall–Kier alpha value is -3.86. The highest BCUT2D eigenvalue weighted by Crippen LogP contribution is 2.32. The first-order valence-electron chi connectivity index (χ1n) is 14.1. The van der Waals surface area contributed by atoms with Gasteiger partial charge in [-0.15, -0.1) is 0 Å². The number of nitrogens with zero attached hydrogens (tertiary/aromatic N) is 2. The van der Waals surface area contributed by atoms with Gasteiger partial charge in [0.15, 0.2) is 0 Å². The van der Waals surface area contributed by atoms with Crippen LogP contribution in [0.3, 0.4) is 0 Å². The molecule has 0 saturated carbocycles. The number of carbonyl (C=O) groups excluding carboxylic acids is 2. The molecule has 0 radical (unpaired) electrons. The van der Waals surface area contributed by atoms with Gasteiger partial charge in [-0.2, -0.15) is 13.2 Å². The number of benzene rings is 3. The van der Waals surface area contributed by atoms with Crippen LogP contribution in [0.25, 0.3) is 0 Å². The van der Waals surface area contributed by atoms with Gasteiger partial charge in [-0.3, -0.25) is 13.9 Å². The summed E-state index contributed by atoms with van der Waals surface area (Å²) in [6, 6.07) is 21.8. The summed E-state index contributed by atoms with van der Waals surface area (Å²) in [6.45, 7) is 4.30. The molecule has 0 saturated heterocycles. The van der Waals surface area contributed by atoms with E-state index in [2.05, 4.69) is 5.32 Å². The van der Waals surface area contributed by atoms with Crippen LogP contribution in [0.4, 0.5) is 18.9 Å². The molecule has 0 fully saturated rings. The van der Waals surface area contributed by atoms with E-state index in [0.717, 1.165) is 39.9 Å². The van der Waals surface area contributed by atoms with Crippen LogP contribution in [0.2, 0.25) is 0 Å². The van der Waals surface area contributed by atoms with E-state index in [0.29, 0.717) is 6.54 Å². The van der Waals surface area contributed by atoms with Crippen molar-refractivity contribution in [2.24, 2.45) is 5.92 Å². The number of carbonyl (C=O) groups is 2. The summed E-state index contributed by atoms with van der Waals surface area (Å²) in [5.41, 5.74) is 0.569. The molecule has 43 heavy (non-hydrogen) atoms. The van der Waals surface area contributed by atoms with Gasteiger partial charge in [0.05, 0.1) is 17.5 Å². The quantitative estimate of drug-likeness (QED) is 0.253. The second-order valence-electron chi connectivity index (χ2n) is 10.8. The Balaban J connectivity index is 1.87. The fraction of sp³-hybridized carbons (Fsp3) is 0.375. The zero-order chi connectivity index (χ0) is 31.6. The van der Waals surface area contributed by atoms with Gasteiger partial charge in [0.2, 0.25) is 21.8 Å². The minimum absolute atomic E-state index is 0.0269. The third-order valence-electron chi connectivity index (χ3n) is 6.77. The van der Waals surface area contributed by atoms with E-state index in [1.165, 1.54) is 11.0 Å². The minimum atomic E-state index is -4.64. The highest BCUT2D eigenvalue weighted by atomic mass is 32.2. The maximum Gasteiger partial charge on any atom is 0.416 e. The highest BCUT2D eigenvalue weighted by molar-refractivity contribution is 7.92. The molecule has 3 aromatic rings. The van der Waals surface area contributed by atoms with Crippen molar-refractivity contribution in [2.45, 2.75) is 51.9 Å². The van der Waals surface area contributed by atoms with Crippen molar-refractivity contribution in [3.8, 4) is 0 Å². The van der Waals surface area contributed by atoms with Crippen LogP contribution in [0, 0.1) is 5.92 Å². The summed E-state index contributed by atoms with van der Waals surface area (Å²) in [6.07, 6.45) is -3.56. The fourth-order valence-electron chi connectivity index (χ4n) is 4.60. The van der Waals surface area contributed by atoms with E-state index in [1.807, 2.05) is 74.5 Å². The van der Waals surface area contributed by atoms with Crippen molar-refractivity contribution in [1.29, 1.82) is 0 Å². The van der Waals surface area contributed by atoms with Crippen molar-refractivity contribution in [3.05, 3.63) is 102 Å². The molecule has 3 aromatic carbocycles. The molecule has 232 valence electrons. The topological polar surface area (TPSA) is 86.8 Å². The second kappa shape index (κ2) is 15.0. The van der Waals surface area contributed by atoms with Gasteiger partial charge in [0, 0.05) is 32.5 Å². The molecule has 0 aliphatic heterocycles. The SMILES string of the molecule is CC(C)CNC(=O)[C@@H](Cc1ccccc1)N(Cc1ccccc1)C(=O)CCCN(c1cccc(C(F)(F)F)c1)S(C)(=O)=O. The molecular weight excluding hydrogens is 579 g/mol. The molecule has 1 N–H and O–H groups in total. The van der Waals surface area contributed by atoms with Gasteiger partial charge < -0.3 is 10.2 Å². The maximum atomic E-state index is 13.8. The summed E-state index contributed by atoms with van der Waals surface area (Å²) in [5, 5.41) is 2.94. The molecule has 3 rings (SSSR count). The Labute approximate surface area is 251 Å². The number of hydrogen-bond acceptors (Lipinski definition) is 4. The zero-order valence-corrected chi connectivity index (χ0v) is 25.4. The normalized spacial score (nSPS) is 12.5. The summed E-state index contributed by atoms with van der Waals surface area (Å²) in [5.74, 6) is -0.483. The largest absolute Gasteiger partial charge is 0.416 e. The number of anilines is 1. The first kappa shape index (κ1) is 33.6. The predicted molar refractivity (Wildman–Crippen MR) is 162 cm³/mol. The summed E-state index contributed by atoms with van der Waals surface area (Å²) < 4.78 is 65.9. The average Bonchev–Trinajstić information content (AvgIpc) is 2.95. The first-order chi connectivity index (χ1) is 20.3. The smallest absolute Gasteiger partial charge is 0.354 e. The molecular formula is C32H38F3N3O4S. The summed E-state index contributed by atoms with van der Waals surface area (Å²) in [4.78, 5) is 28.8. The lowest BCUT2D eigenvalue weighted by Gasteiger charge is -2.32. The number of alkyl halides is 3. The highest BCUT2D eigenvalue weighted by Gasteiger charge is 2.32. The summed E-state index contributed by atoms with van der Waals surface area (Å²) in [7, 11) is -3.96. The molecule has 0 aromatic heterocycles. The summed E-state index contributed by atoms with van der Waals surface area (Å²) >= 11 is 0. The number of nitrogens with one attached hydrogen (secondary N) is 1. The van der Waals surface area contributed by atoms with Crippen LogP contribution < -0.4 is 9.62 Å². The number of hydrogen-bond donors (Lipinski definition) is 1. The van der Waals surface area contributed by atoms with Gasteiger partial charge in [-0.25, -0.2) is 8.42 Å². The number of rotatable bonds is 14. The van der Waals surface area contributed by atoms with Crippen molar-refractivity contribution in [3.63, 3.8) is 0 Å². The molecule has 0 bridgehead atoms. The van der Waals surface area contributed by atoms with Crippen LogP contribution in [-0.2, 0) is 38.8 Å². The monoisotopic (exact) mass is 617 g/mol. The van der Waals surface area contributed by atoms with Crippen LogP contribution in [0.5, 0.6) is 0 Å². The van der Waals surface area contributed by atoms with Crippen molar-refractivity contribution >= 4 is 27.5 Å². The van der Waals surface area contributed by atoms with Gasteiger partial charge in [0.1, 0.15) is 6.04 Å². The third kappa shape index (κ3) is 10.4. The van der Waals surface area contributed by atoms with Gasteiger partial charge in [-0.1, -0.05) is 80.6 Å². The number of sulfonamides is 1. The van der Waals surface area contributed by atoms with Gasteiger partial charge in [-0.05, 0) is 41.7 Å². The Morgan fingerprint density at radius 3 is 2.05 bits per heavy atom. The first-order valence-corrected chi connectivity index (χ1v) is 15.9. The molecule has 7 nitrogen and oxygen atoms in total. The minimum Gasteiger partial charge on any atom is -0.354 e. The maximum absolute atomic E-state index is 13.8. The Kier molecular flexibility index (Phi) is 11.8. The van der Waals surface area contributed by atoms with Gasteiger partial charge >= 0.3 is 6.18 Å². The van der Waals surface area contributed by atoms with Gasteiger partial charge in [0.25, 0.3) is 0 Å². The Morgan fingerprint density at radius 1 is 0.884 bits per heavy atom. The van der Waals surface area contributed by atoms with E-state index in [-0.39, 0.29) is 55.8 Å². The molecule has 0 heterocycles. The van der Waals surface area contributed by atoms with Crippen molar-refractivity contribution < 1.29 is 31.2 Å². The average molecular weight is 618 g/mol. The lowest BCUT2D eigenvalue weighted by molar-refractivity contribution is -0.141. The molecule has 11 heteroatoms. The van der Waals surface area contributed by atoms with Crippen LogP contribution >= 0.6 is 0 Å². The number of halogens is 3. The number of amides is 2. The van der Waals surface area contributed by atoms with Crippen LogP contribution in [0.1, 0.15) is 43.4 Å². The Morgan fingerprint density at radius 2 is 1.49 bits per heavy atom. The molecule has 1 atom stereocenters. The molecule has 2 amide bonds. The standard InChI is InChI=1S/C32H38F3N3O4S/c1-24(2)22-36-31(40)29(20-25-12-6-4-7-13-25)37(23-26-14-8-5-9-15-26)30(39)18-11-19-38(43(3,41)42)28-17-10-16-27(21-28)32(33,34)35/h4-10,12-17,21,24,29H,11,18-20,22-23H2,1-3H3,(H,36,40)/t29-/m1/s1. The molecule has 0 unspecified atom stereocenters. The van der Waals surface area contributed by atoms with E-state index in [9.17, 15) is 31.2 Å². The van der Waals surface area contributed by atoms with E-state index in [4.69, 9.17) is 0 Å². The third-order valence-corrected chi connectivity index (χ3v) is 7.96. The van der Waals surface area contributed by atoms with E-state index in [1.54, 1.807) is 0 Å².